The van der Waals surface area contributed by atoms with Gasteiger partial charge in [0.05, 0.1) is 11.3 Å². The van der Waals surface area contributed by atoms with Crippen LogP contribution in [0.4, 0.5) is 5.95 Å². The maximum Gasteiger partial charge on any atom is 0.220 e. The minimum atomic E-state index is 0.204. The maximum atomic E-state index is 8.72. The molecule has 0 aromatic carbocycles. The second-order valence-corrected chi connectivity index (χ2v) is 2.87. The van der Waals surface area contributed by atoms with Gasteiger partial charge in [-0.2, -0.15) is 5.26 Å². The van der Waals surface area contributed by atoms with Gasteiger partial charge in [0.25, 0.3) is 0 Å². The van der Waals surface area contributed by atoms with Crippen LogP contribution in [0.3, 0.4) is 0 Å². The zero-order valence-electron chi connectivity index (χ0n) is 7.75. The molecule has 2 aromatic rings. The van der Waals surface area contributed by atoms with Crippen LogP contribution in [0.2, 0.25) is 0 Å². The molecule has 72 valence electrons. The van der Waals surface area contributed by atoms with Crippen molar-refractivity contribution in [3.8, 4) is 17.3 Å². The van der Waals surface area contributed by atoms with Gasteiger partial charge < -0.3 is 5.73 Å². The number of nitrogens with zero attached hydrogens (tertiary/aromatic N) is 4. The van der Waals surface area contributed by atoms with Gasteiger partial charge in [-0.15, -0.1) is 0 Å². The molecule has 0 atom stereocenters. The van der Waals surface area contributed by atoms with E-state index in [-0.39, 0.29) is 5.95 Å². The Balaban J connectivity index is 2.50. The number of aromatic nitrogens is 3. The first-order valence-corrected chi connectivity index (χ1v) is 4.23. The normalized spacial score (nSPS) is 9.53. The van der Waals surface area contributed by atoms with E-state index in [9.17, 15) is 0 Å². The number of pyridine rings is 1. The lowest BCUT2D eigenvalue weighted by Gasteiger charge is -2.00. The summed E-state index contributed by atoms with van der Waals surface area (Å²) in [7, 11) is 0. The molecule has 0 aliphatic carbocycles. The largest absolute Gasteiger partial charge is 0.368 e. The van der Waals surface area contributed by atoms with E-state index in [1.54, 1.807) is 24.5 Å². The number of nitriles is 1. The predicted octanol–water partition coefficient (Wildman–Crippen LogP) is 0.992. The number of anilines is 1. The summed E-state index contributed by atoms with van der Waals surface area (Å²) in [5.41, 5.74) is 7.36. The Labute approximate surface area is 86.2 Å². The van der Waals surface area contributed by atoms with Crippen LogP contribution in [0.15, 0.2) is 30.7 Å². The molecule has 0 unspecified atom stereocenters. The predicted molar refractivity (Wildman–Crippen MR) is 54.4 cm³/mol. The second-order valence-electron chi connectivity index (χ2n) is 2.87. The number of hydrogen-bond donors (Lipinski definition) is 1. The number of nitrogen functional groups attached to an aromatic ring is 1. The molecule has 0 radical (unpaired) electrons. The summed E-state index contributed by atoms with van der Waals surface area (Å²) in [4.78, 5) is 11.8. The topological polar surface area (TPSA) is 88.5 Å². The lowest BCUT2D eigenvalue weighted by Crippen LogP contribution is -1.95. The van der Waals surface area contributed by atoms with Gasteiger partial charge in [0.15, 0.2) is 0 Å². The molecule has 5 heteroatoms. The molecule has 15 heavy (non-hydrogen) atoms. The van der Waals surface area contributed by atoms with E-state index in [2.05, 4.69) is 15.0 Å². The standard InChI is InChI=1S/C10H7N5/c11-4-7-3-8(6-13-5-7)9-1-2-14-10(12)15-9/h1-3,5-6H,(H2,12,14,15). The molecule has 5 nitrogen and oxygen atoms in total. The highest BCUT2D eigenvalue weighted by Gasteiger charge is 2.01. The molecule has 0 spiro atoms. The SMILES string of the molecule is N#Cc1cncc(-c2ccnc(N)n2)c1. The van der Waals surface area contributed by atoms with Gasteiger partial charge in [-0.3, -0.25) is 4.98 Å². The van der Waals surface area contributed by atoms with Crippen molar-refractivity contribution in [3.05, 3.63) is 36.3 Å². The fourth-order valence-corrected chi connectivity index (χ4v) is 1.18. The molecule has 2 heterocycles. The molecular formula is C10H7N5. The maximum absolute atomic E-state index is 8.72. The summed E-state index contributed by atoms with van der Waals surface area (Å²) in [5.74, 6) is 0.204. The Kier molecular flexibility index (Phi) is 2.25. The van der Waals surface area contributed by atoms with Gasteiger partial charge in [-0.1, -0.05) is 0 Å². The molecule has 0 aliphatic heterocycles. The minimum Gasteiger partial charge on any atom is -0.368 e. The highest BCUT2D eigenvalue weighted by atomic mass is 15.0. The number of nitrogens with two attached hydrogens (primary N) is 1. The van der Waals surface area contributed by atoms with Crippen LogP contribution in [0.1, 0.15) is 5.56 Å². The molecule has 2 N–H and O–H groups in total. The molecule has 0 saturated carbocycles. The fraction of sp³-hybridized carbons (Fsp3) is 0. The van der Waals surface area contributed by atoms with E-state index < -0.39 is 0 Å². The Morgan fingerprint density at radius 3 is 2.93 bits per heavy atom. The van der Waals surface area contributed by atoms with E-state index in [0.29, 0.717) is 11.3 Å². The van der Waals surface area contributed by atoms with Crippen molar-refractivity contribution in [1.82, 2.24) is 15.0 Å². The average Bonchev–Trinajstić information content (AvgIpc) is 2.29. The highest BCUT2D eigenvalue weighted by Crippen LogP contribution is 2.16. The van der Waals surface area contributed by atoms with Crippen LogP contribution in [0.25, 0.3) is 11.3 Å². The van der Waals surface area contributed by atoms with Crippen molar-refractivity contribution < 1.29 is 0 Å². The zero-order chi connectivity index (χ0) is 10.7. The van der Waals surface area contributed by atoms with Crippen molar-refractivity contribution in [1.29, 1.82) is 5.26 Å². The van der Waals surface area contributed by atoms with Gasteiger partial charge in [0.1, 0.15) is 6.07 Å². The summed E-state index contributed by atoms with van der Waals surface area (Å²) in [6, 6.07) is 5.43. The first-order chi connectivity index (χ1) is 7.29. The van der Waals surface area contributed by atoms with E-state index in [1.807, 2.05) is 6.07 Å². The summed E-state index contributed by atoms with van der Waals surface area (Å²) in [5, 5.41) is 8.72. The van der Waals surface area contributed by atoms with Gasteiger partial charge in [-0.25, -0.2) is 9.97 Å². The monoisotopic (exact) mass is 197 g/mol. The van der Waals surface area contributed by atoms with Gasteiger partial charge >= 0.3 is 0 Å². The van der Waals surface area contributed by atoms with Crippen LogP contribution >= 0.6 is 0 Å². The summed E-state index contributed by atoms with van der Waals surface area (Å²) in [6.45, 7) is 0. The third-order valence-electron chi connectivity index (χ3n) is 1.84. The zero-order valence-corrected chi connectivity index (χ0v) is 7.75. The first-order valence-electron chi connectivity index (χ1n) is 4.23. The molecule has 2 aromatic heterocycles. The average molecular weight is 197 g/mol. The van der Waals surface area contributed by atoms with Gasteiger partial charge in [0, 0.05) is 24.2 Å². The fourth-order valence-electron chi connectivity index (χ4n) is 1.18. The third kappa shape index (κ3) is 1.89. The van der Waals surface area contributed by atoms with Crippen molar-refractivity contribution in [2.24, 2.45) is 0 Å². The molecule has 0 bridgehead atoms. The van der Waals surface area contributed by atoms with E-state index in [4.69, 9.17) is 11.0 Å². The quantitative estimate of drug-likeness (QED) is 0.736. The molecule has 0 aliphatic rings. The Hall–Kier alpha value is -2.48. The molecular weight excluding hydrogens is 190 g/mol. The summed E-state index contributed by atoms with van der Waals surface area (Å²) >= 11 is 0. The number of rotatable bonds is 1. The van der Waals surface area contributed by atoms with Gasteiger partial charge in [-0.05, 0) is 12.1 Å². The van der Waals surface area contributed by atoms with Crippen molar-refractivity contribution in [2.45, 2.75) is 0 Å². The lowest BCUT2D eigenvalue weighted by atomic mass is 10.1. The second kappa shape index (κ2) is 3.72. The third-order valence-corrected chi connectivity index (χ3v) is 1.84. The molecule has 0 fully saturated rings. The van der Waals surface area contributed by atoms with Crippen LogP contribution in [0, 0.1) is 11.3 Å². The van der Waals surface area contributed by atoms with E-state index >= 15 is 0 Å². The Morgan fingerprint density at radius 2 is 2.20 bits per heavy atom. The molecule has 2 rings (SSSR count). The van der Waals surface area contributed by atoms with Crippen molar-refractivity contribution in [3.63, 3.8) is 0 Å². The lowest BCUT2D eigenvalue weighted by molar-refractivity contribution is 1.18. The van der Waals surface area contributed by atoms with Crippen molar-refractivity contribution >= 4 is 5.95 Å². The smallest absolute Gasteiger partial charge is 0.220 e. The first kappa shape index (κ1) is 9.09. The Morgan fingerprint density at radius 1 is 1.33 bits per heavy atom. The van der Waals surface area contributed by atoms with Crippen LogP contribution in [-0.2, 0) is 0 Å². The van der Waals surface area contributed by atoms with Crippen LogP contribution in [-0.4, -0.2) is 15.0 Å². The van der Waals surface area contributed by atoms with E-state index in [1.165, 1.54) is 6.20 Å². The molecule has 0 saturated heterocycles. The Bertz CT molecular complexity index is 529. The summed E-state index contributed by atoms with van der Waals surface area (Å²) in [6.07, 6.45) is 4.69. The highest BCUT2D eigenvalue weighted by molar-refractivity contribution is 5.60. The number of hydrogen-bond acceptors (Lipinski definition) is 5. The summed E-state index contributed by atoms with van der Waals surface area (Å²) < 4.78 is 0. The molecule has 0 amide bonds. The van der Waals surface area contributed by atoms with Crippen molar-refractivity contribution in [2.75, 3.05) is 5.73 Å². The van der Waals surface area contributed by atoms with Gasteiger partial charge in [0.2, 0.25) is 5.95 Å². The van der Waals surface area contributed by atoms with Crippen LogP contribution in [0.5, 0.6) is 0 Å². The van der Waals surface area contributed by atoms with Crippen LogP contribution < -0.4 is 5.73 Å². The minimum absolute atomic E-state index is 0.204. The van der Waals surface area contributed by atoms with E-state index in [0.717, 1.165) is 5.56 Å².